The van der Waals surface area contributed by atoms with Crippen LogP contribution in [-0.2, 0) is 6.18 Å². The summed E-state index contributed by atoms with van der Waals surface area (Å²) >= 11 is 0. The molecule has 3 aromatic rings. The third-order valence-corrected chi connectivity index (χ3v) is 3.87. The lowest BCUT2D eigenvalue weighted by Gasteiger charge is -2.16. The topological polar surface area (TPSA) is 106 Å². The van der Waals surface area contributed by atoms with E-state index in [1.807, 2.05) is 6.07 Å². The molecular formula is C18H15F3N8. The van der Waals surface area contributed by atoms with Gasteiger partial charge in [0, 0.05) is 31.5 Å². The normalized spacial score (nSPS) is 11.8. The summed E-state index contributed by atoms with van der Waals surface area (Å²) in [6.45, 7) is 0. The average Bonchev–Trinajstić information content (AvgIpc) is 3.22. The van der Waals surface area contributed by atoms with Crippen LogP contribution in [0.1, 0.15) is 11.4 Å². The Morgan fingerprint density at radius 1 is 1.21 bits per heavy atom. The van der Waals surface area contributed by atoms with Crippen molar-refractivity contribution in [2.45, 2.75) is 6.18 Å². The highest BCUT2D eigenvalue weighted by molar-refractivity contribution is 5.74. The van der Waals surface area contributed by atoms with Crippen LogP contribution in [0.15, 0.2) is 42.6 Å². The number of halogens is 3. The van der Waals surface area contributed by atoms with Gasteiger partial charge >= 0.3 is 6.18 Å². The van der Waals surface area contributed by atoms with Crippen LogP contribution in [0.2, 0.25) is 0 Å². The van der Waals surface area contributed by atoms with E-state index in [0.717, 1.165) is 12.1 Å². The molecule has 2 heterocycles. The first-order valence-corrected chi connectivity index (χ1v) is 8.25. The molecule has 0 fully saturated rings. The third-order valence-electron chi connectivity index (χ3n) is 3.87. The van der Waals surface area contributed by atoms with E-state index >= 15 is 0 Å². The number of pyridine rings is 1. The van der Waals surface area contributed by atoms with Crippen LogP contribution in [0.3, 0.4) is 0 Å². The quantitative estimate of drug-likeness (QED) is 0.633. The average molecular weight is 400 g/mol. The van der Waals surface area contributed by atoms with E-state index in [9.17, 15) is 13.2 Å². The third kappa shape index (κ3) is 4.67. The number of benzene rings is 1. The standard InChI is InChI=1S/C18H15F3N8/c1-29(2)16-8-13(18(19,20)21)7-15(24-16)11-3-5-14(6-4-11)23-10-12(9-22)17-25-27-28-26-17/h3-8,10,23H,1-2H3,(H,25,26,27,28). The zero-order valence-corrected chi connectivity index (χ0v) is 15.4. The van der Waals surface area contributed by atoms with E-state index < -0.39 is 11.7 Å². The number of allylic oxidation sites excluding steroid dienone is 1. The Hall–Kier alpha value is -3.94. The molecule has 0 aliphatic carbocycles. The van der Waals surface area contributed by atoms with Gasteiger partial charge in [0.05, 0.1) is 11.3 Å². The number of hydrogen-bond donors (Lipinski definition) is 2. The molecule has 0 aliphatic rings. The first-order valence-electron chi connectivity index (χ1n) is 8.25. The highest BCUT2D eigenvalue weighted by Gasteiger charge is 2.32. The summed E-state index contributed by atoms with van der Waals surface area (Å²) in [6.07, 6.45) is -3.07. The number of nitriles is 1. The summed E-state index contributed by atoms with van der Waals surface area (Å²) < 4.78 is 39.6. The van der Waals surface area contributed by atoms with E-state index in [4.69, 9.17) is 5.26 Å². The molecule has 0 atom stereocenters. The Kier molecular flexibility index (Phi) is 5.45. The molecule has 0 aliphatic heterocycles. The van der Waals surface area contributed by atoms with Crippen molar-refractivity contribution in [2.75, 3.05) is 24.3 Å². The molecule has 2 aromatic heterocycles. The number of tetrazole rings is 1. The van der Waals surface area contributed by atoms with Gasteiger partial charge in [-0.1, -0.05) is 12.1 Å². The van der Waals surface area contributed by atoms with Crippen molar-refractivity contribution in [3.8, 4) is 17.3 Å². The molecule has 0 radical (unpaired) electrons. The summed E-state index contributed by atoms with van der Waals surface area (Å²) in [4.78, 5) is 5.81. The first kappa shape index (κ1) is 19.8. The van der Waals surface area contributed by atoms with Crippen molar-refractivity contribution in [3.05, 3.63) is 54.0 Å². The van der Waals surface area contributed by atoms with Crippen LogP contribution in [-0.4, -0.2) is 39.7 Å². The van der Waals surface area contributed by atoms with Gasteiger partial charge in [0.25, 0.3) is 0 Å². The number of anilines is 2. The molecule has 0 bridgehead atoms. The highest BCUT2D eigenvalue weighted by atomic mass is 19.4. The Morgan fingerprint density at radius 2 is 1.93 bits per heavy atom. The van der Waals surface area contributed by atoms with Crippen LogP contribution in [0, 0.1) is 11.3 Å². The van der Waals surface area contributed by atoms with Crippen LogP contribution in [0.5, 0.6) is 0 Å². The number of H-pyrrole nitrogens is 1. The zero-order chi connectivity index (χ0) is 21.0. The van der Waals surface area contributed by atoms with Crippen molar-refractivity contribution < 1.29 is 13.2 Å². The number of alkyl halides is 3. The van der Waals surface area contributed by atoms with Crippen LogP contribution >= 0.6 is 0 Å². The molecule has 1 aromatic carbocycles. The molecule has 3 rings (SSSR count). The van der Waals surface area contributed by atoms with Gasteiger partial charge in [-0.3, -0.25) is 0 Å². The Bertz CT molecular complexity index is 1050. The van der Waals surface area contributed by atoms with E-state index in [0.29, 0.717) is 11.3 Å². The maximum Gasteiger partial charge on any atom is 0.416 e. The predicted octanol–water partition coefficient (Wildman–Crippen LogP) is 3.32. The van der Waals surface area contributed by atoms with E-state index in [2.05, 4.69) is 30.9 Å². The van der Waals surface area contributed by atoms with Gasteiger partial charge in [-0.25, -0.2) is 4.98 Å². The second kappa shape index (κ2) is 7.97. The van der Waals surface area contributed by atoms with Crippen molar-refractivity contribution in [1.82, 2.24) is 25.6 Å². The number of nitrogens with zero attached hydrogens (tertiary/aromatic N) is 6. The molecule has 11 heteroatoms. The summed E-state index contributed by atoms with van der Waals surface area (Å²) in [7, 11) is 3.25. The molecule has 0 unspecified atom stereocenters. The molecule has 0 spiro atoms. The Labute approximate surface area is 163 Å². The van der Waals surface area contributed by atoms with Gasteiger partial charge in [-0.05, 0) is 29.5 Å². The number of hydrogen-bond acceptors (Lipinski definition) is 7. The molecule has 0 saturated carbocycles. The van der Waals surface area contributed by atoms with Crippen molar-refractivity contribution in [3.63, 3.8) is 0 Å². The van der Waals surface area contributed by atoms with E-state index in [1.165, 1.54) is 11.1 Å². The lowest BCUT2D eigenvalue weighted by Crippen LogP contribution is -2.14. The summed E-state index contributed by atoms with van der Waals surface area (Å²) in [5.74, 6) is 0.347. The van der Waals surface area contributed by atoms with Crippen LogP contribution in [0.25, 0.3) is 16.8 Å². The summed E-state index contributed by atoms with van der Waals surface area (Å²) in [5.41, 5.74) is 0.737. The molecule has 29 heavy (non-hydrogen) atoms. The number of aromatic amines is 1. The number of rotatable bonds is 5. The van der Waals surface area contributed by atoms with Crippen LogP contribution < -0.4 is 10.2 Å². The smallest absolute Gasteiger partial charge is 0.363 e. The lowest BCUT2D eigenvalue weighted by atomic mass is 10.1. The summed E-state index contributed by atoms with van der Waals surface area (Å²) in [6, 6.07) is 10.6. The maximum atomic E-state index is 13.2. The van der Waals surface area contributed by atoms with Gasteiger partial charge < -0.3 is 10.2 Å². The number of nitrogens with one attached hydrogen (secondary N) is 2. The molecule has 0 saturated heterocycles. The van der Waals surface area contributed by atoms with Crippen molar-refractivity contribution in [1.29, 1.82) is 5.26 Å². The second-order valence-electron chi connectivity index (χ2n) is 6.12. The van der Waals surface area contributed by atoms with Crippen molar-refractivity contribution >= 4 is 17.1 Å². The fraction of sp³-hybridized carbons (Fsp3) is 0.167. The molecule has 8 nitrogen and oxygen atoms in total. The Morgan fingerprint density at radius 3 is 2.48 bits per heavy atom. The highest BCUT2D eigenvalue weighted by Crippen LogP contribution is 2.34. The minimum atomic E-state index is -4.47. The zero-order valence-electron chi connectivity index (χ0n) is 15.4. The SMILES string of the molecule is CN(C)c1cc(C(F)(F)F)cc(-c2ccc(NC=C(C#N)c3nn[nH]n3)cc2)n1. The lowest BCUT2D eigenvalue weighted by molar-refractivity contribution is -0.137. The Balaban J connectivity index is 1.87. The molecule has 0 amide bonds. The van der Waals surface area contributed by atoms with Crippen LogP contribution in [0.4, 0.5) is 24.7 Å². The molecular weight excluding hydrogens is 385 g/mol. The summed E-state index contributed by atoms with van der Waals surface area (Å²) in [5, 5.41) is 25.1. The predicted molar refractivity (Wildman–Crippen MR) is 100 cm³/mol. The van der Waals surface area contributed by atoms with E-state index in [-0.39, 0.29) is 22.9 Å². The van der Waals surface area contributed by atoms with Gasteiger partial charge in [-0.2, -0.15) is 23.6 Å². The van der Waals surface area contributed by atoms with Gasteiger partial charge in [0.2, 0.25) is 5.82 Å². The monoisotopic (exact) mass is 400 g/mol. The maximum absolute atomic E-state index is 13.2. The molecule has 148 valence electrons. The fourth-order valence-electron chi connectivity index (χ4n) is 2.37. The largest absolute Gasteiger partial charge is 0.416 e. The van der Waals surface area contributed by atoms with E-state index in [1.54, 1.807) is 38.4 Å². The molecule has 2 N–H and O–H groups in total. The first-order chi connectivity index (χ1) is 13.8. The fourth-order valence-corrected chi connectivity index (χ4v) is 2.37. The van der Waals surface area contributed by atoms with Gasteiger partial charge in [0.15, 0.2) is 0 Å². The van der Waals surface area contributed by atoms with Gasteiger partial charge in [0.1, 0.15) is 17.5 Å². The minimum Gasteiger partial charge on any atom is -0.363 e. The number of aromatic nitrogens is 5. The second-order valence-corrected chi connectivity index (χ2v) is 6.12. The minimum absolute atomic E-state index is 0.140. The van der Waals surface area contributed by atoms with Gasteiger partial charge in [-0.15, -0.1) is 10.2 Å². The van der Waals surface area contributed by atoms with Crippen molar-refractivity contribution in [2.24, 2.45) is 0 Å².